The van der Waals surface area contributed by atoms with Crippen LogP contribution in [0.1, 0.15) is 36.8 Å². The number of aromatic hydroxyl groups is 1. The number of nitrogens with two attached hydrogens (primary N) is 1. The fourth-order valence-corrected chi connectivity index (χ4v) is 5.03. The van der Waals surface area contributed by atoms with E-state index in [1.165, 1.54) is 10.4 Å². The van der Waals surface area contributed by atoms with Crippen molar-refractivity contribution in [3.05, 3.63) is 40.7 Å². The molecule has 2 aromatic rings. The lowest BCUT2D eigenvalue weighted by Crippen LogP contribution is -2.47. The molecule has 4 rings (SSSR count). The lowest BCUT2D eigenvalue weighted by atomic mass is 9.89. The number of nitrogens with zero attached hydrogens (tertiary/aromatic N) is 4. The third-order valence-electron chi connectivity index (χ3n) is 5.74. The van der Waals surface area contributed by atoms with Crippen LogP contribution in [-0.4, -0.2) is 47.2 Å². The molecular formula is C20H24N6O3S. The average Bonchev–Trinajstić information content (AvgIpc) is 2.74. The molecule has 2 aliphatic rings. The maximum atomic E-state index is 11.7. The van der Waals surface area contributed by atoms with Crippen molar-refractivity contribution in [1.29, 1.82) is 0 Å². The first kappa shape index (κ1) is 20.5. The molecule has 0 radical (unpaired) electrons. The SMILES string of the molecule is [C-]#[N+]c1ccc(-c2nnc(N[C@@H]3CCCN(S(N)(=O)=O)C3)c3c2CCCC3)c(O)c1. The number of phenolic OH excluding ortho intramolecular Hbond substituents is 1. The fraction of sp³-hybridized carbons (Fsp3) is 0.450. The molecular weight excluding hydrogens is 404 g/mol. The molecule has 4 N–H and O–H groups in total. The molecule has 1 aromatic carbocycles. The molecule has 0 saturated carbocycles. The Morgan fingerprint density at radius 3 is 2.67 bits per heavy atom. The van der Waals surface area contributed by atoms with Gasteiger partial charge in [-0.2, -0.15) is 12.7 Å². The second-order valence-corrected chi connectivity index (χ2v) is 9.31. The molecule has 1 aliphatic carbocycles. The number of anilines is 1. The smallest absolute Gasteiger partial charge is 0.276 e. The lowest BCUT2D eigenvalue weighted by molar-refractivity contribution is 0.327. The quantitative estimate of drug-likeness (QED) is 0.642. The van der Waals surface area contributed by atoms with Crippen LogP contribution < -0.4 is 10.5 Å². The standard InChI is InChI=1S/C20H24N6O3S/c1-22-13-8-9-17(18(27)11-13)19-15-6-2-3-7-16(15)20(25-24-19)23-14-5-4-10-26(12-14)30(21,28)29/h8-9,11,14,27H,2-7,10,12H2,(H,23,25)(H2,21,28,29)/t14-/m1/s1. The Kier molecular flexibility index (Phi) is 5.60. The Hall–Kier alpha value is -2.74. The summed E-state index contributed by atoms with van der Waals surface area (Å²) in [5, 5.41) is 27.9. The van der Waals surface area contributed by atoms with Crippen molar-refractivity contribution < 1.29 is 13.5 Å². The van der Waals surface area contributed by atoms with Gasteiger partial charge in [-0.1, -0.05) is 12.1 Å². The molecule has 0 amide bonds. The first-order chi connectivity index (χ1) is 14.4. The molecule has 0 bridgehead atoms. The van der Waals surface area contributed by atoms with Gasteiger partial charge in [-0.3, -0.25) is 0 Å². The van der Waals surface area contributed by atoms with E-state index in [4.69, 9.17) is 11.7 Å². The number of hydrogen-bond acceptors (Lipinski definition) is 6. The second-order valence-electron chi connectivity index (χ2n) is 7.76. The van der Waals surface area contributed by atoms with Gasteiger partial charge in [0.15, 0.2) is 11.5 Å². The minimum atomic E-state index is -3.71. The number of phenols is 1. The van der Waals surface area contributed by atoms with Crippen molar-refractivity contribution in [2.45, 2.75) is 44.6 Å². The fourth-order valence-electron chi connectivity index (χ4n) is 4.26. The number of benzene rings is 1. The van der Waals surface area contributed by atoms with E-state index in [0.29, 0.717) is 35.9 Å². The molecule has 1 saturated heterocycles. The van der Waals surface area contributed by atoms with Crippen LogP contribution >= 0.6 is 0 Å². The summed E-state index contributed by atoms with van der Waals surface area (Å²) in [6.07, 6.45) is 5.27. The molecule has 10 heteroatoms. The van der Waals surface area contributed by atoms with Crippen LogP contribution in [0, 0.1) is 6.57 Å². The number of hydrogen-bond donors (Lipinski definition) is 3. The number of fused-ring (bicyclic) bond motifs is 1. The largest absolute Gasteiger partial charge is 0.509 e. The van der Waals surface area contributed by atoms with Gasteiger partial charge in [-0.25, -0.2) is 9.98 Å². The lowest BCUT2D eigenvalue weighted by Gasteiger charge is -2.32. The maximum absolute atomic E-state index is 11.7. The Morgan fingerprint density at radius 1 is 1.20 bits per heavy atom. The predicted octanol–water partition coefficient (Wildman–Crippen LogP) is 2.36. The molecule has 30 heavy (non-hydrogen) atoms. The summed E-state index contributed by atoms with van der Waals surface area (Å²) >= 11 is 0. The van der Waals surface area contributed by atoms with Gasteiger partial charge in [0.2, 0.25) is 0 Å². The zero-order valence-electron chi connectivity index (χ0n) is 16.5. The number of piperidine rings is 1. The van der Waals surface area contributed by atoms with E-state index in [2.05, 4.69) is 20.4 Å². The van der Waals surface area contributed by atoms with Crippen LogP contribution in [0.2, 0.25) is 0 Å². The highest BCUT2D eigenvalue weighted by Gasteiger charge is 2.28. The third kappa shape index (κ3) is 4.09. The molecule has 1 aliphatic heterocycles. The zero-order valence-corrected chi connectivity index (χ0v) is 17.3. The summed E-state index contributed by atoms with van der Waals surface area (Å²) in [6, 6.07) is 4.72. The number of nitrogens with one attached hydrogen (secondary N) is 1. The van der Waals surface area contributed by atoms with Gasteiger partial charge in [-0.05, 0) is 50.2 Å². The van der Waals surface area contributed by atoms with E-state index >= 15 is 0 Å². The third-order valence-corrected chi connectivity index (χ3v) is 6.79. The van der Waals surface area contributed by atoms with Gasteiger partial charge in [0, 0.05) is 30.3 Å². The van der Waals surface area contributed by atoms with Crippen molar-refractivity contribution in [2.24, 2.45) is 5.14 Å². The average molecular weight is 429 g/mol. The zero-order chi connectivity index (χ0) is 21.3. The Morgan fingerprint density at radius 2 is 1.97 bits per heavy atom. The van der Waals surface area contributed by atoms with Crippen LogP contribution in [0.5, 0.6) is 5.75 Å². The second kappa shape index (κ2) is 8.18. The Balaban J connectivity index is 1.66. The normalized spacial score (nSPS) is 19.7. The van der Waals surface area contributed by atoms with Gasteiger partial charge in [-0.15, -0.1) is 10.2 Å². The van der Waals surface area contributed by atoms with Crippen LogP contribution in [0.25, 0.3) is 16.1 Å². The molecule has 9 nitrogen and oxygen atoms in total. The number of aromatic nitrogens is 2. The highest BCUT2D eigenvalue weighted by Crippen LogP contribution is 2.38. The molecule has 158 valence electrons. The van der Waals surface area contributed by atoms with Crippen molar-refractivity contribution in [1.82, 2.24) is 14.5 Å². The molecule has 1 aromatic heterocycles. The van der Waals surface area contributed by atoms with Crippen molar-refractivity contribution in [3.8, 4) is 17.0 Å². The van der Waals surface area contributed by atoms with Gasteiger partial charge < -0.3 is 10.4 Å². The summed E-state index contributed by atoms with van der Waals surface area (Å²) in [7, 11) is -3.71. The van der Waals surface area contributed by atoms with E-state index in [9.17, 15) is 13.5 Å². The van der Waals surface area contributed by atoms with Crippen molar-refractivity contribution in [3.63, 3.8) is 0 Å². The van der Waals surface area contributed by atoms with Crippen molar-refractivity contribution >= 4 is 21.7 Å². The van der Waals surface area contributed by atoms with E-state index in [0.717, 1.165) is 49.7 Å². The highest BCUT2D eigenvalue weighted by atomic mass is 32.2. The molecule has 1 fully saturated rings. The Bertz CT molecular complexity index is 1110. The van der Waals surface area contributed by atoms with Gasteiger partial charge in [0.25, 0.3) is 10.2 Å². The summed E-state index contributed by atoms with van der Waals surface area (Å²) in [6.45, 7) is 7.83. The van der Waals surface area contributed by atoms with Gasteiger partial charge >= 0.3 is 0 Å². The minimum Gasteiger partial charge on any atom is -0.509 e. The molecule has 0 spiro atoms. The van der Waals surface area contributed by atoms with E-state index in [1.807, 2.05) is 0 Å². The molecule has 1 atom stereocenters. The van der Waals surface area contributed by atoms with Crippen LogP contribution in [-0.2, 0) is 23.1 Å². The predicted molar refractivity (Wildman–Crippen MR) is 113 cm³/mol. The van der Waals surface area contributed by atoms with E-state index in [1.54, 1.807) is 12.1 Å². The topological polar surface area (TPSA) is 126 Å². The highest BCUT2D eigenvalue weighted by molar-refractivity contribution is 7.86. The summed E-state index contributed by atoms with van der Waals surface area (Å²) in [5.41, 5.74) is 3.68. The summed E-state index contributed by atoms with van der Waals surface area (Å²) in [5.74, 6) is 0.689. The van der Waals surface area contributed by atoms with Gasteiger partial charge in [0.05, 0.1) is 6.57 Å². The van der Waals surface area contributed by atoms with Crippen LogP contribution in [0.3, 0.4) is 0 Å². The Labute approximate surface area is 175 Å². The minimum absolute atomic E-state index is 0.0161. The molecule has 2 heterocycles. The number of rotatable bonds is 4. The van der Waals surface area contributed by atoms with Gasteiger partial charge in [0.1, 0.15) is 11.4 Å². The monoisotopic (exact) mass is 428 g/mol. The summed E-state index contributed by atoms with van der Waals surface area (Å²) in [4.78, 5) is 3.34. The molecule has 0 unspecified atom stereocenters. The van der Waals surface area contributed by atoms with Crippen molar-refractivity contribution in [2.75, 3.05) is 18.4 Å². The van der Waals surface area contributed by atoms with Crippen LogP contribution in [0.4, 0.5) is 11.5 Å². The van der Waals surface area contributed by atoms with E-state index in [-0.39, 0.29) is 11.8 Å². The first-order valence-electron chi connectivity index (χ1n) is 10.0. The van der Waals surface area contributed by atoms with Crippen LogP contribution in [0.15, 0.2) is 18.2 Å². The first-order valence-corrected chi connectivity index (χ1v) is 11.5. The summed E-state index contributed by atoms with van der Waals surface area (Å²) < 4.78 is 24.7. The van der Waals surface area contributed by atoms with E-state index < -0.39 is 10.2 Å². The maximum Gasteiger partial charge on any atom is 0.276 e.